The van der Waals surface area contributed by atoms with Crippen molar-refractivity contribution in [1.29, 1.82) is 0 Å². The zero-order valence-corrected chi connectivity index (χ0v) is 16.3. The van der Waals surface area contributed by atoms with E-state index >= 15 is 0 Å². The van der Waals surface area contributed by atoms with Crippen LogP contribution in [0.5, 0.6) is 0 Å². The highest BCUT2D eigenvalue weighted by molar-refractivity contribution is 7.89. The van der Waals surface area contributed by atoms with Gasteiger partial charge in [-0.2, -0.15) is 17.5 Å². The number of piperazine rings is 1. The van der Waals surface area contributed by atoms with Gasteiger partial charge in [0.15, 0.2) is 5.76 Å². The predicted molar refractivity (Wildman–Crippen MR) is 96.2 cm³/mol. The zero-order valence-electron chi connectivity index (χ0n) is 15.4. The summed E-state index contributed by atoms with van der Waals surface area (Å²) in [7, 11) is -3.92. The molecule has 154 valence electrons. The molecule has 2 heterocycles. The van der Waals surface area contributed by atoms with E-state index in [-0.39, 0.29) is 42.7 Å². The molecular formula is C18H21F3N2O4S. The second-order valence-corrected chi connectivity index (χ2v) is 7.63. The molecular weight excluding hydrogens is 397 g/mol. The predicted octanol–water partition coefficient (Wildman–Crippen LogP) is 3.47. The van der Waals surface area contributed by atoms with Crippen LogP contribution in [0.25, 0.3) is 0 Å². The number of amides is 1. The number of halogens is 3. The summed E-state index contributed by atoms with van der Waals surface area (Å²) in [5.74, 6) is -0.161. The SMILES string of the molecule is CC.O=C(c1ccco1)N1CCN(S(=O)(=O)c2ccc(C(F)(F)F)cc2)CC1. The number of nitrogens with zero attached hydrogens (tertiary/aromatic N) is 2. The third-order valence-corrected chi connectivity index (χ3v) is 5.99. The average molecular weight is 418 g/mol. The lowest BCUT2D eigenvalue weighted by molar-refractivity contribution is -0.137. The minimum atomic E-state index is -4.53. The van der Waals surface area contributed by atoms with Gasteiger partial charge in [-0.3, -0.25) is 4.79 Å². The molecule has 1 fully saturated rings. The van der Waals surface area contributed by atoms with Gasteiger partial charge in [0.05, 0.1) is 16.7 Å². The maximum Gasteiger partial charge on any atom is 0.416 e. The molecule has 1 aromatic carbocycles. The van der Waals surface area contributed by atoms with Crippen molar-refractivity contribution in [3.63, 3.8) is 0 Å². The lowest BCUT2D eigenvalue weighted by atomic mass is 10.2. The lowest BCUT2D eigenvalue weighted by Gasteiger charge is -2.33. The first-order chi connectivity index (χ1) is 13.2. The molecule has 0 aliphatic carbocycles. The van der Waals surface area contributed by atoms with Gasteiger partial charge in [-0.1, -0.05) is 13.8 Å². The highest BCUT2D eigenvalue weighted by atomic mass is 32.2. The van der Waals surface area contributed by atoms with Crippen molar-refractivity contribution in [2.45, 2.75) is 24.9 Å². The molecule has 1 aliphatic rings. The van der Waals surface area contributed by atoms with Gasteiger partial charge in [-0.25, -0.2) is 8.42 Å². The van der Waals surface area contributed by atoms with Gasteiger partial charge in [-0.05, 0) is 36.4 Å². The Morgan fingerprint density at radius 3 is 2.04 bits per heavy atom. The summed E-state index contributed by atoms with van der Waals surface area (Å²) in [6, 6.07) is 6.47. The first-order valence-electron chi connectivity index (χ1n) is 8.70. The zero-order chi connectivity index (χ0) is 20.9. The molecule has 1 saturated heterocycles. The van der Waals surface area contributed by atoms with Crippen LogP contribution in [-0.4, -0.2) is 49.7 Å². The smallest absolute Gasteiger partial charge is 0.416 e. The van der Waals surface area contributed by atoms with Crippen molar-refractivity contribution >= 4 is 15.9 Å². The number of carbonyl (C=O) groups is 1. The lowest BCUT2D eigenvalue weighted by Crippen LogP contribution is -2.50. The van der Waals surface area contributed by atoms with Crippen LogP contribution in [0.3, 0.4) is 0 Å². The van der Waals surface area contributed by atoms with Crippen LogP contribution in [0.15, 0.2) is 52.0 Å². The molecule has 2 aromatic rings. The van der Waals surface area contributed by atoms with Crippen molar-refractivity contribution in [3.05, 3.63) is 54.0 Å². The fourth-order valence-electron chi connectivity index (χ4n) is 2.65. The molecule has 1 amide bonds. The molecule has 1 aliphatic heterocycles. The summed E-state index contributed by atoms with van der Waals surface area (Å²) in [6.07, 6.45) is -3.15. The van der Waals surface area contributed by atoms with Crippen LogP contribution in [0, 0.1) is 0 Å². The van der Waals surface area contributed by atoms with Crippen LogP contribution in [0.2, 0.25) is 0 Å². The van der Waals surface area contributed by atoms with Gasteiger partial charge < -0.3 is 9.32 Å². The molecule has 0 bridgehead atoms. The summed E-state index contributed by atoms with van der Waals surface area (Å²) in [4.78, 5) is 13.4. The third kappa shape index (κ3) is 4.74. The van der Waals surface area contributed by atoms with E-state index in [0.717, 1.165) is 28.6 Å². The number of rotatable bonds is 3. The molecule has 6 nitrogen and oxygen atoms in total. The molecule has 0 spiro atoms. The maximum absolute atomic E-state index is 12.6. The molecule has 28 heavy (non-hydrogen) atoms. The minimum Gasteiger partial charge on any atom is -0.459 e. The number of hydrogen-bond donors (Lipinski definition) is 0. The second kappa shape index (κ2) is 8.78. The Hall–Kier alpha value is -2.33. The average Bonchev–Trinajstić information content (AvgIpc) is 3.23. The largest absolute Gasteiger partial charge is 0.459 e. The van der Waals surface area contributed by atoms with Crippen LogP contribution >= 0.6 is 0 Å². The van der Waals surface area contributed by atoms with Crippen molar-refractivity contribution < 1.29 is 30.8 Å². The first kappa shape index (κ1) is 22.0. The number of benzene rings is 1. The van der Waals surface area contributed by atoms with Crippen LogP contribution in [-0.2, 0) is 16.2 Å². The summed E-state index contributed by atoms with van der Waals surface area (Å²) < 4.78 is 69.1. The maximum atomic E-state index is 12.6. The minimum absolute atomic E-state index is 0.0514. The number of carbonyl (C=O) groups excluding carboxylic acids is 1. The van der Waals surface area contributed by atoms with Crippen molar-refractivity contribution in [2.75, 3.05) is 26.2 Å². The standard InChI is InChI=1S/C16H15F3N2O4S.C2H6/c17-16(18,19)12-3-5-13(6-4-12)26(23,24)21-9-7-20(8-10-21)15(22)14-2-1-11-25-14;1-2/h1-6,11H,7-10H2;1-2H3. The third-order valence-electron chi connectivity index (χ3n) is 4.08. The Kier molecular flexibility index (Phi) is 6.89. The molecule has 3 rings (SSSR count). The van der Waals surface area contributed by atoms with E-state index in [1.807, 2.05) is 13.8 Å². The van der Waals surface area contributed by atoms with Gasteiger partial charge in [0, 0.05) is 26.2 Å². The number of sulfonamides is 1. The fraction of sp³-hybridized carbons (Fsp3) is 0.389. The summed E-state index contributed by atoms with van der Waals surface area (Å²) in [5, 5.41) is 0. The van der Waals surface area contributed by atoms with E-state index in [0.29, 0.717) is 0 Å². The van der Waals surface area contributed by atoms with Gasteiger partial charge >= 0.3 is 6.18 Å². The molecule has 1 aromatic heterocycles. The van der Waals surface area contributed by atoms with E-state index in [1.165, 1.54) is 17.2 Å². The highest BCUT2D eigenvalue weighted by Crippen LogP contribution is 2.30. The van der Waals surface area contributed by atoms with E-state index < -0.39 is 21.8 Å². The molecule has 0 saturated carbocycles. The van der Waals surface area contributed by atoms with Crippen LogP contribution < -0.4 is 0 Å². The Bertz CT molecular complexity index is 871. The van der Waals surface area contributed by atoms with Crippen molar-refractivity contribution in [2.24, 2.45) is 0 Å². The van der Waals surface area contributed by atoms with Gasteiger partial charge in [0.2, 0.25) is 10.0 Å². The first-order valence-corrected chi connectivity index (χ1v) is 10.1. The van der Waals surface area contributed by atoms with Gasteiger partial charge in [0.1, 0.15) is 0 Å². The van der Waals surface area contributed by atoms with Gasteiger partial charge in [-0.15, -0.1) is 0 Å². The molecule has 0 N–H and O–H groups in total. The van der Waals surface area contributed by atoms with Crippen molar-refractivity contribution in [1.82, 2.24) is 9.21 Å². The Morgan fingerprint density at radius 1 is 1.00 bits per heavy atom. The molecule has 0 radical (unpaired) electrons. The van der Waals surface area contributed by atoms with E-state index in [2.05, 4.69) is 0 Å². The Labute approximate surface area is 161 Å². The van der Waals surface area contributed by atoms with E-state index in [1.54, 1.807) is 6.07 Å². The normalized spacial score (nSPS) is 15.7. The Balaban J connectivity index is 0.00000136. The highest BCUT2D eigenvalue weighted by Gasteiger charge is 2.33. The van der Waals surface area contributed by atoms with E-state index in [4.69, 9.17) is 4.42 Å². The fourth-order valence-corrected chi connectivity index (χ4v) is 4.07. The molecule has 0 unspecified atom stereocenters. The summed E-state index contributed by atoms with van der Waals surface area (Å²) >= 11 is 0. The number of furan rings is 1. The van der Waals surface area contributed by atoms with Crippen LogP contribution in [0.4, 0.5) is 13.2 Å². The summed E-state index contributed by atoms with van der Waals surface area (Å²) in [5.41, 5.74) is -0.912. The Morgan fingerprint density at radius 2 is 1.57 bits per heavy atom. The van der Waals surface area contributed by atoms with E-state index in [9.17, 15) is 26.4 Å². The number of alkyl halides is 3. The molecule has 10 heteroatoms. The number of hydrogen-bond acceptors (Lipinski definition) is 4. The van der Waals surface area contributed by atoms with Gasteiger partial charge in [0.25, 0.3) is 5.91 Å². The van der Waals surface area contributed by atoms with Crippen LogP contribution in [0.1, 0.15) is 30.0 Å². The summed E-state index contributed by atoms with van der Waals surface area (Å²) in [6.45, 7) is 4.43. The van der Waals surface area contributed by atoms with Crippen molar-refractivity contribution in [3.8, 4) is 0 Å². The monoisotopic (exact) mass is 418 g/mol. The second-order valence-electron chi connectivity index (χ2n) is 5.70. The topological polar surface area (TPSA) is 70.8 Å². The molecule has 0 atom stereocenters. The quantitative estimate of drug-likeness (QED) is 0.765.